The van der Waals surface area contributed by atoms with E-state index in [2.05, 4.69) is 15.9 Å². The van der Waals surface area contributed by atoms with E-state index in [0.29, 0.717) is 4.47 Å². The lowest BCUT2D eigenvalue weighted by Crippen LogP contribution is -2.57. The van der Waals surface area contributed by atoms with E-state index in [1.54, 1.807) is 6.07 Å². The normalized spacial score (nSPS) is 21.4. The van der Waals surface area contributed by atoms with Gasteiger partial charge in [0.2, 0.25) is 11.8 Å². The summed E-state index contributed by atoms with van der Waals surface area (Å²) in [6.45, 7) is -0.430. The molecule has 1 fully saturated rings. The van der Waals surface area contributed by atoms with Crippen molar-refractivity contribution in [2.75, 3.05) is 7.05 Å². The zero-order valence-electron chi connectivity index (χ0n) is 15.0. The van der Waals surface area contributed by atoms with Crippen LogP contribution in [0.1, 0.15) is 27.9 Å². The fraction of sp³-hybridized carbons (Fsp3) is 0.200. The average molecular weight is 463 g/mol. The molecule has 2 aliphatic rings. The zero-order chi connectivity index (χ0) is 21.1. The Bertz CT molecular complexity index is 1120. The summed E-state index contributed by atoms with van der Waals surface area (Å²) in [7, 11) is 1.22. The van der Waals surface area contributed by atoms with Gasteiger partial charge in [-0.1, -0.05) is 22.0 Å². The Morgan fingerprint density at radius 2 is 1.76 bits per heavy atom. The monoisotopic (exact) mass is 462 g/mol. The van der Waals surface area contributed by atoms with Crippen molar-refractivity contribution in [2.45, 2.75) is 18.4 Å². The molecule has 0 saturated carbocycles. The molecule has 4 rings (SSSR count). The molecule has 2 heterocycles. The summed E-state index contributed by atoms with van der Waals surface area (Å²) >= 11 is 3.13. The van der Waals surface area contributed by atoms with Gasteiger partial charge >= 0.3 is 0 Å². The number of nitrogens with zero attached hydrogens (tertiary/aromatic N) is 2. The molecule has 0 aliphatic carbocycles. The first-order valence-electron chi connectivity index (χ1n) is 8.58. The summed E-state index contributed by atoms with van der Waals surface area (Å²) < 4.78 is 28.7. The molecule has 0 N–H and O–H groups in total. The first kappa shape index (κ1) is 19.4. The van der Waals surface area contributed by atoms with Crippen LogP contribution in [0.25, 0.3) is 0 Å². The Hall–Kier alpha value is -2.94. The Balaban J connectivity index is 1.89. The Kier molecular flexibility index (Phi) is 4.38. The fourth-order valence-corrected chi connectivity index (χ4v) is 4.13. The number of benzene rings is 2. The van der Waals surface area contributed by atoms with Gasteiger partial charge < -0.3 is 0 Å². The van der Waals surface area contributed by atoms with Crippen molar-refractivity contribution in [1.82, 2.24) is 9.80 Å². The molecule has 2 aromatic rings. The maximum atomic E-state index is 14.3. The lowest BCUT2D eigenvalue weighted by Gasteiger charge is -2.37. The molecular formula is C20H13BrF2N2O4. The summed E-state index contributed by atoms with van der Waals surface area (Å²) in [4.78, 5) is 53.0. The van der Waals surface area contributed by atoms with E-state index in [4.69, 9.17) is 0 Å². The molecule has 9 heteroatoms. The van der Waals surface area contributed by atoms with Gasteiger partial charge in [0, 0.05) is 22.6 Å². The second kappa shape index (κ2) is 6.55. The molecule has 29 heavy (non-hydrogen) atoms. The number of imide groups is 2. The molecular weight excluding hydrogens is 450 g/mol. The van der Waals surface area contributed by atoms with Gasteiger partial charge in [-0.25, -0.2) is 8.78 Å². The number of halogens is 3. The first-order valence-corrected chi connectivity index (χ1v) is 9.37. The number of hydrogen-bond donors (Lipinski definition) is 0. The molecule has 1 spiro atoms. The molecule has 1 atom stereocenters. The van der Waals surface area contributed by atoms with Gasteiger partial charge in [-0.3, -0.25) is 29.0 Å². The van der Waals surface area contributed by atoms with Crippen molar-refractivity contribution in [2.24, 2.45) is 0 Å². The minimum Gasteiger partial charge on any atom is -0.284 e. The highest BCUT2D eigenvalue weighted by molar-refractivity contribution is 9.10. The number of rotatable bonds is 2. The van der Waals surface area contributed by atoms with Gasteiger partial charge in [-0.2, -0.15) is 0 Å². The number of carbonyl (C=O) groups excluding carboxylic acids is 4. The number of carbonyl (C=O) groups is 4. The molecule has 6 nitrogen and oxygen atoms in total. The Morgan fingerprint density at radius 3 is 2.38 bits per heavy atom. The third-order valence-electron chi connectivity index (χ3n) is 5.33. The molecule has 148 valence electrons. The summed E-state index contributed by atoms with van der Waals surface area (Å²) in [5.74, 6) is -4.61. The van der Waals surface area contributed by atoms with Crippen molar-refractivity contribution in [3.8, 4) is 0 Å². The van der Waals surface area contributed by atoms with Gasteiger partial charge in [-0.05, 0) is 35.9 Å². The van der Waals surface area contributed by atoms with E-state index in [0.717, 1.165) is 21.9 Å². The Morgan fingerprint density at radius 1 is 1.03 bits per heavy atom. The van der Waals surface area contributed by atoms with Crippen LogP contribution in [-0.2, 0) is 26.3 Å². The largest absolute Gasteiger partial charge is 0.284 e. The lowest BCUT2D eigenvalue weighted by molar-refractivity contribution is -0.145. The van der Waals surface area contributed by atoms with Crippen LogP contribution in [0.15, 0.2) is 40.9 Å². The summed E-state index contributed by atoms with van der Waals surface area (Å²) in [6.07, 6.45) is -0.524. The molecule has 1 saturated heterocycles. The highest BCUT2D eigenvalue weighted by atomic mass is 79.9. The quantitative estimate of drug-likeness (QED) is 0.507. The summed E-state index contributed by atoms with van der Waals surface area (Å²) in [6, 6.07) is 7.28. The minimum absolute atomic E-state index is 0.0562. The SMILES string of the molecule is CN1C(=O)CC2(C1=O)C(=O)N(Cc1ccc(Br)cc1F)C(=O)c1ccc(F)cc12. The molecule has 1 unspecified atom stereocenters. The predicted molar refractivity (Wildman–Crippen MR) is 99.5 cm³/mol. The maximum absolute atomic E-state index is 14.3. The first-order chi connectivity index (χ1) is 13.7. The molecule has 0 aromatic heterocycles. The smallest absolute Gasteiger partial charge is 0.261 e. The van der Waals surface area contributed by atoms with Crippen molar-refractivity contribution in [1.29, 1.82) is 0 Å². The van der Waals surface area contributed by atoms with Crippen LogP contribution in [0, 0.1) is 11.6 Å². The van der Waals surface area contributed by atoms with Crippen molar-refractivity contribution >= 4 is 39.6 Å². The van der Waals surface area contributed by atoms with Crippen LogP contribution < -0.4 is 0 Å². The molecule has 2 aliphatic heterocycles. The zero-order valence-corrected chi connectivity index (χ0v) is 16.6. The second-order valence-electron chi connectivity index (χ2n) is 6.96. The molecule has 4 amide bonds. The fourth-order valence-electron chi connectivity index (χ4n) is 3.80. The second-order valence-corrected chi connectivity index (χ2v) is 7.88. The molecule has 0 bridgehead atoms. The van der Waals surface area contributed by atoms with Crippen LogP contribution >= 0.6 is 15.9 Å². The third kappa shape index (κ3) is 2.71. The predicted octanol–water partition coefficient (Wildman–Crippen LogP) is 2.54. The number of hydrogen-bond acceptors (Lipinski definition) is 4. The maximum Gasteiger partial charge on any atom is 0.261 e. The van der Waals surface area contributed by atoms with Crippen LogP contribution in [0.2, 0.25) is 0 Å². The van der Waals surface area contributed by atoms with Crippen molar-refractivity contribution in [3.63, 3.8) is 0 Å². The van der Waals surface area contributed by atoms with E-state index < -0.39 is 53.6 Å². The van der Waals surface area contributed by atoms with Gasteiger partial charge in [0.05, 0.1) is 13.0 Å². The van der Waals surface area contributed by atoms with E-state index in [1.807, 2.05) is 0 Å². The Labute approximate surface area is 172 Å². The van der Waals surface area contributed by atoms with Gasteiger partial charge in [0.25, 0.3) is 11.8 Å². The highest BCUT2D eigenvalue weighted by Gasteiger charge is 2.62. The average Bonchev–Trinajstić information content (AvgIpc) is 2.90. The van der Waals surface area contributed by atoms with Gasteiger partial charge in [-0.15, -0.1) is 0 Å². The molecule has 2 aromatic carbocycles. The topological polar surface area (TPSA) is 74.8 Å². The van der Waals surface area contributed by atoms with Gasteiger partial charge in [0.15, 0.2) is 5.41 Å². The van der Waals surface area contributed by atoms with Crippen LogP contribution in [-0.4, -0.2) is 40.5 Å². The van der Waals surface area contributed by atoms with Crippen LogP contribution in [0.4, 0.5) is 8.78 Å². The minimum atomic E-state index is -2.04. The van der Waals surface area contributed by atoms with E-state index >= 15 is 0 Å². The van der Waals surface area contributed by atoms with E-state index in [1.165, 1.54) is 25.2 Å². The third-order valence-corrected chi connectivity index (χ3v) is 5.82. The van der Waals surface area contributed by atoms with E-state index in [9.17, 15) is 28.0 Å². The van der Waals surface area contributed by atoms with Crippen LogP contribution in [0.5, 0.6) is 0 Å². The number of amides is 4. The number of fused-ring (bicyclic) bond motifs is 2. The van der Waals surface area contributed by atoms with Crippen molar-refractivity contribution in [3.05, 3.63) is 69.2 Å². The molecule has 0 radical (unpaired) electrons. The standard InChI is InChI=1S/C20H13BrF2N2O4/c1-24-16(26)8-20(18(24)28)14-7-12(22)4-5-13(14)17(27)25(19(20)29)9-10-2-3-11(21)6-15(10)23/h2-7H,8-9H2,1H3. The van der Waals surface area contributed by atoms with Gasteiger partial charge in [0.1, 0.15) is 11.6 Å². The van der Waals surface area contributed by atoms with E-state index in [-0.39, 0.29) is 16.7 Å². The number of likely N-dealkylation sites (tertiary alicyclic amines) is 1. The van der Waals surface area contributed by atoms with Crippen molar-refractivity contribution < 1.29 is 28.0 Å². The summed E-state index contributed by atoms with van der Waals surface area (Å²) in [5, 5.41) is 0. The summed E-state index contributed by atoms with van der Waals surface area (Å²) in [5.41, 5.74) is -2.19. The number of likely N-dealkylation sites (N-methyl/N-ethyl adjacent to an activating group) is 1. The lowest BCUT2D eigenvalue weighted by atomic mass is 9.72. The van der Waals surface area contributed by atoms with Crippen LogP contribution in [0.3, 0.4) is 0 Å². The highest BCUT2D eigenvalue weighted by Crippen LogP contribution is 2.43.